The third kappa shape index (κ3) is 2.60. The second-order valence-electron chi connectivity index (χ2n) is 6.79. The van der Waals surface area contributed by atoms with Gasteiger partial charge in [0.1, 0.15) is 0 Å². The van der Waals surface area contributed by atoms with Crippen molar-refractivity contribution in [3.8, 4) is 0 Å². The second kappa shape index (κ2) is 5.92. The van der Waals surface area contributed by atoms with Gasteiger partial charge in [0.2, 0.25) is 0 Å². The molecule has 0 spiro atoms. The number of nitrogens with zero attached hydrogens (tertiary/aromatic N) is 1. The molecule has 3 unspecified atom stereocenters. The summed E-state index contributed by atoms with van der Waals surface area (Å²) in [5.41, 5.74) is 0. The van der Waals surface area contributed by atoms with Gasteiger partial charge in [-0.2, -0.15) is 0 Å². The second-order valence-corrected chi connectivity index (χ2v) is 6.79. The summed E-state index contributed by atoms with van der Waals surface area (Å²) in [6.45, 7) is 5.14. The van der Waals surface area contributed by atoms with Crippen LogP contribution < -0.4 is 5.32 Å². The zero-order valence-corrected chi connectivity index (χ0v) is 12.0. The standard InChI is InChI=1S/C16H30N2/c1-13(14-7-2-3-8-14)18-12-5-4-10-16(18)15-9-6-11-17-15/h13-17H,2-12H2,1H3. The van der Waals surface area contributed by atoms with E-state index in [0.29, 0.717) is 0 Å². The first-order valence-corrected chi connectivity index (χ1v) is 8.35. The average Bonchev–Trinajstić information content (AvgIpc) is 3.11. The lowest BCUT2D eigenvalue weighted by atomic mass is 9.89. The van der Waals surface area contributed by atoms with Gasteiger partial charge >= 0.3 is 0 Å². The molecule has 1 aliphatic carbocycles. The Morgan fingerprint density at radius 2 is 1.72 bits per heavy atom. The molecular formula is C16H30N2. The summed E-state index contributed by atoms with van der Waals surface area (Å²) in [6, 6.07) is 2.48. The molecule has 3 fully saturated rings. The van der Waals surface area contributed by atoms with Crippen LogP contribution in [0.15, 0.2) is 0 Å². The van der Waals surface area contributed by atoms with Gasteiger partial charge in [-0.3, -0.25) is 4.90 Å². The van der Waals surface area contributed by atoms with Crippen molar-refractivity contribution < 1.29 is 0 Å². The van der Waals surface area contributed by atoms with Crippen LogP contribution in [0.4, 0.5) is 0 Å². The molecule has 104 valence electrons. The Hall–Kier alpha value is -0.0800. The first kappa shape index (κ1) is 12.9. The van der Waals surface area contributed by atoms with Crippen LogP contribution in [0, 0.1) is 5.92 Å². The molecule has 3 rings (SSSR count). The minimum atomic E-state index is 0.800. The molecule has 2 heteroatoms. The van der Waals surface area contributed by atoms with E-state index in [4.69, 9.17) is 0 Å². The van der Waals surface area contributed by atoms with Crippen molar-refractivity contribution in [1.82, 2.24) is 10.2 Å². The Morgan fingerprint density at radius 1 is 0.944 bits per heavy atom. The van der Waals surface area contributed by atoms with Gasteiger partial charge in [-0.05, 0) is 64.5 Å². The van der Waals surface area contributed by atoms with E-state index in [0.717, 1.165) is 24.0 Å². The van der Waals surface area contributed by atoms with Crippen molar-refractivity contribution in [2.75, 3.05) is 13.1 Å². The van der Waals surface area contributed by atoms with Gasteiger partial charge in [-0.15, -0.1) is 0 Å². The molecule has 0 aromatic carbocycles. The quantitative estimate of drug-likeness (QED) is 0.827. The van der Waals surface area contributed by atoms with Crippen LogP contribution in [0.5, 0.6) is 0 Å². The molecule has 0 aromatic rings. The normalized spacial score (nSPS) is 37.2. The molecule has 0 bridgehead atoms. The minimum Gasteiger partial charge on any atom is -0.312 e. The third-order valence-electron chi connectivity index (χ3n) is 5.76. The Labute approximate surface area is 113 Å². The largest absolute Gasteiger partial charge is 0.312 e. The molecule has 3 atom stereocenters. The summed E-state index contributed by atoms with van der Waals surface area (Å²) in [7, 11) is 0. The fourth-order valence-corrected chi connectivity index (χ4v) is 4.67. The fraction of sp³-hybridized carbons (Fsp3) is 1.00. The average molecular weight is 250 g/mol. The van der Waals surface area contributed by atoms with E-state index >= 15 is 0 Å². The van der Waals surface area contributed by atoms with Gasteiger partial charge in [0.05, 0.1) is 0 Å². The number of hydrogen-bond donors (Lipinski definition) is 1. The summed E-state index contributed by atoms with van der Waals surface area (Å²) in [5.74, 6) is 0.993. The van der Waals surface area contributed by atoms with Gasteiger partial charge in [0.15, 0.2) is 0 Å². The van der Waals surface area contributed by atoms with E-state index in [1.807, 2.05) is 0 Å². The predicted octanol–water partition coefficient (Wildman–Crippen LogP) is 3.17. The van der Waals surface area contributed by atoms with Crippen molar-refractivity contribution in [3.63, 3.8) is 0 Å². The minimum absolute atomic E-state index is 0.800. The van der Waals surface area contributed by atoms with Crippen LogP contribution in [0.3, 0.4) is 0 Å². The summed E-state index contributed by atoms with van der Waals surface area (Å²) in [5, 5.41) is 3.76. The number of rotatable bonds is 3. The van der Waals surface area contributed by atoms with Crippen molar-refractivity contribution in [2.45, 2.75) is 82.8 Å². The highest BCUT2D eigenvalue weighted by Gasteiger charge is 2.36. The lowest BCUT2D eigenvalue weighted by molar-refractivity contribution is 0.0536. The maximum atomic E-state index is 3.76. The first-order chi connectivity index (χ1) is 8.86. The summed E-state index contributed by atoms with van der Waals surface area (Å²) in [4.78, 5) is 2.89. The van der Waals surface area contributed by atoms with Crippen LogP contribution in [-0.2, 0) is 0 Å². The molecule has 1 N–H and O–H groups in total. The van der Waals surface area contributed by atoms with Crippen LogP contribution >= 0.6 is 0 Å². The number of piperidine rings is 1. The van der Waals surface area contributed by atoms with E-state index < -0.39 is 0 Å². The van der Waals surface area contributed by atoms with Crippen molar-refractivity contribution in [3.05, 3.63) is 0 Å². The van der Waals surface area contributed by atoms with Gasteiger partial charge in [0, 0.05) is 18.1 Å². The maximum Gasteiger partial charge on any atom is 0.0252 e. The highest BCUT2D eigenvalue weighted by Crippen LogP contribution is 2.34. The molecule has 0 radical (unpaired) electrons. The molecule has 1 saturated carbocycles. The lowest BCUT2D eigenvalue weighted by Gasteiger charge is -2.44. The van der Waals surface area contributed by atoms with Crippen molar-refractivity contribution in [2.24, 2.45) is 5.92 Å². The zero-order valence-electron chi connectivity index (χ0n) is 12.0. The molecule has 2 aliphatic heterocycles. The fourth-order valence-electron chi connectivity index (χ4n) is 4.67. The summed E-state index contributed by atoms with van der Waals surface area (Å²) < 4.78 is 0. The van der Waals surface area contributed by atoms with E-state index in [-0.39, 0.29) is 0 Å². The third-order valence-corrected chi connectivity index (χ3v) is 5.76. The van der Waals surface area contributed by atoms with Gasteiger partial charge < -0.3 is 5.32 Å². The van der Waals surface area contributed by atoms with Crippen molar-refractivity contribution >= 4 is 0 Å². The molecule has 2 saturated heterocycles. The highest BCUT2D eigenvalue weighted by atomic mass is 15.2. The number of likely N-dealkylation sites (tertiary alicyclic amines) is 1. The van der Waals surface area contributed by atoms with Crippen LogP contribution in [0.2, 0.25) is 0 Å². The monoisotopic (exact) mass is 250 g/mol. The molecule has 2 heterocycles. The van der Waals surface area contributed by atoms with Crippen LogP contribution in [0.1, 0.15) is 64.7 Å². The smallest absolute Gasteiger partial charge is 0.0252 e. The van der Waals surface area contributed by atoms with E-state index in [2.05, 4.69) is 17.1 Å². The summed E-state index contributed by atoms with van der Waals surface area (Å²) in [6.07, 6.45) is 13.1. The van der Waals surface area contributed by atoms with Crippen molar-refractivity contribution in [1.29, 1.82) is 0 Å². The van der Waals surface area contributed by atoms with Crippen LogP contribution in [0.25, 0.3) is 0 Å². The molecule has 0 amide bonds. The van der Waals surface area contributed by atoms with E-state index in [9.17, 15) is 0 Å². The summed E-state index contributed by atoms with van der Waals surface area (Å²) >= 11 is 0. The first-order valence-electron chi connectivity index (χ1n) is 8.35. The molecule has 2 nitrogen and oxygen atoms in total. The molecule has 18 heavy (non-hydrogen) atoms. The Bertz CT molecular complexity index is 254. The highest BCUT2D eigenvalue weighted by molar-refractivity contribution is 4.94. The maximum absolute atomic E-state index is 3.76. The SMILES string of the molecule is CC(C1CCCC1)N1CCCCC1C1CCCN1. The molecule has 0 aromatic heterocycles. The lowest BCUT2D eigenvalue weighted by Crippen LogP contribution is -2.54. The molecular weight excluding hydrogens is 220 g/mol. The van der Waals surface area contributed by atoms with E-state index in [1.165, 1.54) is 70.9 Å². The molecule has 3 aliphatic rings. The topological polar surface area (TPSA) is 15.3 Å². The van der Waals surface area contributed by atoms with Gasteiger partial charge in [0.25, 0.3) is 0 Å². The zero-order chi connectivity index (χ0) is 12.4. The Kier molecular flexibility index (Phi) is 4.25. The van der Waals surface area contributed by atoms with Gasteiger partial charge in [-0.25, -0.2) is 0 Å². The Balaban J connectivity index is 1.66. The van der Waals surface area contributed by atoms with Gasteiger partial charge in [-0.1, -0.05) is 19.3 Å². The van der Waals surface area contributed by atoms with E-state index in [1.54, 1.807) is 0 Å². The predicted molar refractivity (Wildman–Crippen MR) is 76.8 cm³/mol. The van der Waals surface area contributed by atoms with Crippen LogP contribution in [-0.4, -0.2) is 36.1 Å². The number of nitrogens with one attached hydrogen (secondary N) is 1. The Morgan fingerprint density at radius 3 is 2.44 bits per heavy atom. The number of hydrogen-bond acceptors (Lipinski definition) is 2.